The lowest BCUT2D eigenvalue weighted by Crippen LogP contribution is -2.30. The van der Waals surface area contributed by atoms with Gasteiger partial charge in [-0.25, -0.2) is 12.8 Å². The number of anilines is 2. The van der Waals surface area contributed by atoms with E-state index in [9.17, 15) is 17.6 Å². The Morgan fingerprint density at radius 1 is 0.871 bits per heavy atom. The molecule has 1 atom stereocenters. The second kappa shape index (κ2) is 9.48. The van der Waals surface area contributed by atoms with E-state index in [1.807, 2.05) is 0 Å². The Morgan fingerprint density at radius 3 is 2.00 bits per heavy atom. The summed E-state index contributed by atoms with van der Waals surface area (Å²) in [5, 5.41) is 2.65. The molecule has 162 valence electrons. The highest BCUT2D eigenvalue weighted by molar-refractivity contribution is 7.92. The average Bonchev–Trinajstić information content (AvgIpc) is 2.76. The zero-order chi connectivity index (χ0) is 22.4. The van der Waals surface area contributed by atoms with Gasteiger partial charge < -0.3 is 14.8 Å². The van der Waals surface area contributed by atoms with Crippen molar-refractivity contribution >= 4 is 27.3 Å². The third kappa shape index (κ3) is 5.95. The van der Waals surface area contributed by atoms with Gasteiger partial charge >= 0.3 is 0 Å². The van der Waals surface area contributed by atoms with Crippen LogP contribution in [0.2, 0.25) is 0 Å². The van der Waals surface area contributed by atoms with Crippen molar-refractivity contribution in [3.05, 3.63) is 78.6 Å². The standard InChI is InChI=1S/C22H21FN2O5S/c1-15(30-20-9-3-16(23)4-10-20)22(26)24-17-7-13-21(14-8-17)31(27,28)25-18-5-11-19(29-2)12-6-18/h3-15,25H,1-2H3,(H,24,26)/t15-/m0/s1. The number of carbonyl (C=O) groups is 1. The molecule has 0 radical (unpaired) electrons. The van der Waals surface area contributed by atoms with E-state index in [1.54, 1.807) is 31.2 Å². The van der Waals surface area contributed by atoms with Crippen molar-refractivity contribution in [3.8, 4) is 11.5 Å². The third-order valence-corrected chi connectivity index (χ3v) is 5.67. The van der Waals surface area contributed by atoms with E-state index < -0.39 is 27.9 Å². The summed E-state index contributed by atoms with van der Waals surface area (Å²) >= 11 is 0. The summed E-state index contributed by atoms with van der Waals surface area (Å²) in [6, 6.07) is 17.5. The van der Waals surface area contributed by atoms with Crippen LogP contribution in [-0.2, 0) is 14.8 Å². The number of amides is 1. The van der Waals surface area contributed by atoms with Gasteiger partial charge in [-0.15, -0.1) is 0 Å². The Kier molecular flexibility index (Phi) is 6.76. The maximum atomic E-state index is 13.0. The van der Waals surface area contributed by atoms with E-state index in [2.05, 4.69) is 10.0 Å². The molecule has 1 amide bonds. The lowest BCUT2D eigenvalue weighted by molar-refractivity contribution is -0.122. The number of halogens is 1. The molecule has 3 aromatic rings. The number of methoxy groups -OCH3 is 1. The van der Waals surface area contributed by atoms with Crippen LogP contribution < -0.4 is 19.5 Å². The number of carbonyl (C=O) groups excluding carboxylic acids is 1. The molecule has 7 nitrogen and oxygen atoms in total. The zero-order valence-corrected chi connectivity index (χ0v) is 17.6. The smallest absolute Gasteiger partial charge is 0.265 e. The third-order valence-electron chi connectivity index (χ3n) is 4.27. The number of benzene rings is 3. The van der Waals surface area contributed by atoms with E-state index in [0.717, 1.165) is 0 Å². The van der Waals surface area contributed by atoms with Crippen LogP contribution in [0.4, 0.5) is 15.8 Å². The Bertz CT molecular complexity index is 1130. The number of ether oxygens (including phenoxy) is 2. The van der Waals surface area contributed by atoms with Crippen molar-refractivity contribution in [2.75, 3.05) is 17.1 Å². The number of rotatable bonds is 8. The quantitative estimate of drug-likeness (QED) is 0.547. The first-order chi connectivity index (χ1) is 14.8. The van der Waals surface area contributed by atoms with Crippen LogP contribution in [-0.4, -0.2) is 27.5 Å². The summed E-state index contributed by atoms with van der Waals surface area (Å²) in [5.74, 6) is 0.132. The molecule has 0 aliphatic carbocycles. The van der Waals surface area contributed by atoms with Crippen LogP contribution in [0.15, 0.2) is 77.7 Å². The van der Waals surface area contributed by atoms with Gasteiger partial charge in [0.1, 0.15) is 17.3 Å². The van der Waals surface area contributed by atoms with E-state index in [1.165, 1.54) is 55.6 Å². The van der Waals surface area contributed by atoms with Crippen LogP contribution in [0, 0.1) is 5.82 Å². The molecule has 31 heavy (non-hydrogen) atoms. The van der Waals surface area contributed by atoms with Crippen LogP contribution in [0.1, 0.15) is 6.92 Å². The normalized spacial score (nSPS) is 12.0. The summed E-state index contributed by atoms with van der Waals surface area (Å²) in [6.45, 7) is 1.55. The number of hydrogen-bond acceptors (Lipinski definition) is 5. The summed E-state index contributed by atoms with van der Waals surface area (Å²) in [7, 11) is -2.27. The molecule has 2 N–H and O–H groups in total. The van der Waals surface area contributed by atoms with E-state index in [-0.39, 0.29) is 4.90 Å². The predicted molar refractivity (Wildman–Crippen MR) is 115 cm³/mol. The first-order valence-corrected chi connectivity index (χ1v) is 10.8. The molecule has 0 saturated heterocycles. The van der Waals surface area contributed by atoms with Crippen molar-refractivity contribution in [3.63, 3.8) is 0 Å². The number of hydrogen-bond donors (Lipinski definition) is 2. The van der Waals surface area contributed by atoms with E-state index >= 15 is 0 Å². The Labute approximate surface area is 179 Å². The Morgan fingerprint density at radius 2 is 1.42 bits per heavy atom. The monoisotopic (exact) mass is 444 g/mol. The van der Waals surface area contributed by atoms with Crippen molar-refractivity contribution < 1.29 is 27.1 Å². The minimum absolute atomic E-state index is 0.0388. The molecule has 0 aliphatic rings. The highest BCUT2D eigenvalue weighted by Gasteiger charge is 2.17. The molecule has 9 heteroatoms. The highest BCUT2D eigenvalue weighted by Crippen LogP contribution is 2.21. The number of sulfonamides is 1. The second-order valence-corrected chi connectivity index (χ2v) is 8.24. The molecular weight excluding hydrogens is 423 g/mol. The van der Waals surface area contributed by atoms with E-state index in [4.69, 9.17) is 9.47 Å². The first kappa shape index (κ1) is 22.1. The molecule has 0 unspecified atom stereocenters. The molecule has 0 aromatic heterocycles. The van der Waals surface area contributed by atoms with Crippen molar-refractivity contribution in [1.82, 2.24) is 0 Å². The minimum atomic E-state index is -3.80. The van der Waals surface area contributed by atoms with E-state index in [0.29, 0.717) is 22.9 Å². The molecular formula is C22H21FN2O5S. The maximum absolute atomic E-state index is 13.0. The predicted octanol–water partition coefficient (Wildman–Crippen LogP) is 4.04. The largest absolute Gasteiger partial charge is 0.497 e. The van der Waals surface area contributed by atoms with Crippen LogP contribution >= 0.6 is 0 Å². The molecule has 0 aliphatic heterocycles. The SMILES string of the molecule is COc1ccc(NS(=O)(=O)c2ccc(NC(=O)[C@H](C)Oc3ccc(F)cc3)cc2)cc1. The van der Waals surface area contributed by atoms with Crippen LogP contribution in [0.3, 0.4) is 0 Å². The molecule has 3 aromatic carbocycles. The number of nitrogens with one attached hydrogen (secondary N) is 2. The summed E-state index contributed by atoms with van der Waals surface area (Å²) in [6.07, 6.45) is -0.842. The summed E-state index contributed by atoms with van der Waals surface area (Å²) in [5.41, 5.74) is 0.799. The minimum Gasteiger partial charge on any atom is -0.497 e. The Hall–Kier alpha value is -3.59. The van der Waals surface area contributed by atoms with Gasteiger partial charge in [-0.2, -0.15) is 0 Å². The van der Waals surface area contributed by atoms with Crippen molar-refractivity contribution in [2.45, 2.75) is 17.9 Å². The molecule has 0 bridgehead atoms. The Balaban J connectivity index is 1.61. The van der Waals surface area contributed by atoms with Gasteiger partial charge in [-0.1, -0.05) is 0 Å². The van der Waals surface area contributed by atoms with Gasteiger partial charge in [-0.3, -0.25) is 9.52 Å². The molecule has 0 spiro atoms. The van der Waals surface area contributed by atoms with Gasteiger partial charge in [0.2, 0.25) is 0 Å². The summed E-state index contributed by atoms with van der Waals surface area (Å²) < 4.78 is 51.0. The van der Waals surface area contributed by atoms with Gasteiger partial charge in [0.05, 0.1) is 12.0 Å². The van der Waals surface area contributed by atoms with Crippen LogP contribution in [0.5, 0.6) is 11.5 Å². The lowest BCUT2D eigenvalue weighted by Gasteiger charge is -2.15. The van der Waals surface area contributed by atoms with Gasteiger partial charge in [0.25, 0.3) is 15.9 Å². The molecule has 0 saturated carbocycles. The van der Waals surface area contributed by atoms with Crippen molar-refractivity contribution in [2.24, 2.45) is 0 Å². The second-order valence-electron chi connectivity index (χ2n) is 6.56. The van der Waals surface area contributed by atoms with Crippen molar-refractivity contribution in [1.29, 1.82) is 0 Å². The lowest BCUT2D eigenvalue weighted by atomic mass is 10.3. The first-order valence-electron chi connectivity index (χ1n) is 9.27. The van der Waals surface area contributed by atoms with Gasteiger partial charge in [-0.05, 0) is 79.7 Å². The van der Waals surface area contributed by atoms with Crippen LogP contribution in [0.25, 0.3) is 0 Å². The zero-order valence-electron chi connectivity index (χ0n) is 16.8. The highest BCUT2D eigenvalue weighted by atomic mass is 32.2. The van der Waals surface area contributed by atoms with Gasteiger partial charge in [0.15, 0.2) is 6.10 Å². The fourth-order valence-electron chi connectivity index (χ4n) is 2.61. The maximum Gasteiger partial charge on any atom is 0.265 e. The average molecular weight is 444 g/mol. The fourth-order valence-corrected chi connectivity index (χ4v) is 3.66. The molecule has 3 rings (SSSR count). The molecule has 0 fully saturated rings. The molecule has 0 heterocycles. The van der Waals surface area contributed by atoms with Gasteiger partial charge in [0, 0.05) is 11.4 Å². The fraction of sp³-hybridized carbons (Fsp3) is 0.136. The topological polar surface area (TPSA) is 93.7 Å². The summed E-state index contributed by atoms with van der Waals surface area (Å²) in [4.78, 5) is 12.3.